The van der Waals surface area contributed by atoms with Gasteiger partial charge in [-0.25, -0.2) is 0 Å². The van der Waals surface area contributed by atoms with Crippen molar-refractivity contribution in [3.8, 4) is 34.4 Å². The minimum absolute atomic E-state index is 0.131. The van der Waals surface area contributed by atoms with Crippen LogP contribution in [0.25, 0.3) is 55.0 Å². The first kappa shape index (κ1) is 33.3. The molecule has 0 aliphatic carbocycles. The first-order valence-corrected chi connectivity index (χ1v) is 20.7. The molecule has 4 heterocycles. The maximum Gasteiger partial charge on any atom is 0.253 e. The van der Waals surface area contributed by atoms with Crippen LogP contribution in [0.2, 0.25) is 0 Å². The molecule has 0 atom stereocenters. The number of nitrogens with zero attached hydrogens (tertiary/aromatic N) is 2. The molecule has 278 valence electrons. The average molecular weight is 765 g/mol. The largest absolute Gasteiger partial charge is 0.455 e. The Hall–Kier alpha value is -7.69. The van der Waals surface area contributed by atoms with Gasteiger partial charge >= 0.3 is 0 Å². The van der Waals surface area contributed by atoms with Gasteiger partial charge in [-0.1, -0.05) is 158 Å². The summed E-state index contributed by atoms with van der Waals surface area (Å²) in [6.07, 6.45) is 0. The summed E-state index contributed by atoms with van der Waals surface area (Å²) >= 11 is 0. The molecular weight excluding hydrogens is 730 g/mol. The van der Waals surface area contributed by atoms with E-state index in [1.807, 2.05) is 0 Å². The lowest BCUT2D eigenvalue weighted by Gasteiger charge is -2.33. The number of benzene rings is 9. The number of fused-ring (bicyclic) bond motifs is 11. The van der Waals surface area contributed by atoms with Crippen molar-refractivity contribution in [3.63, 3.8) is 0 Å². The van der Waals surface area contributed by atoms with E-state index in [0.717, 1.165) is 56.2 Å². The van der Waals surface area contributed by atoms with Crippen LogP contribution in [0, 0.1) is 0 Å². The summed E-state index contributed by atoms with van der Waals surface area (Å²) in [7, 11) is 0. The Kier molecular flexibility index (Phi) is 7.16. The highest BCUT2D eigenvalue weighted by atomic mass is 16.5. The smallest absolute Gasteiger partial charge is 0.253 e. The Morgan fingerprint density at radius 2 is 0.650 bits per heavy atom. The van der Waals surface area contributed by atoms with Crippen molar-refractivity contribution >= 4 is 89.8 Å². The minimum Gasteiger partial charge on any atom is -0.455 e. The van der Waals surface area contributed by atoms with Gasteiger partial charge in [-0.15, -0.1) is 0 Å². The molecule has 0 N–H and O–H groups in total. The zero-order valence-corrected chi connectivity index (χ0v) is 32.5. The van der Waals surface area contributed by atoms with Crippen LogP contribution in [0.5, 0.6) is 23.0 Å². The topological polar surface area (TPSA) is 28.3 Å². The number of ether oxygens (including phenoxy) is 2. The highest BCUT2D eigenvalue weighted by Crippen LogP contribution is 2.39. The monoisotopic (exact) mass is 764 g/mol. The normalized spacial score (nSPS) is 12.9. The highest BCUT2D eigenvalue weighted by molar-refractivity contribution is 7.00. The highest BCUT2D eigenvalue weighted by Gasteiger charge is 2.42. The van der Waals surface area contributed by atoms with E-state index >= 15 is 0 Å². The first-order valence-electron chi connectivity index (χ1n) is 20.7. The van der Waals surface area contributed by atoms with Crippen molar-refractivity contribution in [2.24, 2.45) is 0 Å². The van der Waals surface area contributed by atoms with E-state index in [2.05, 4.69) is 215 Å². The summed E-state index contributed by atoms with van der Waals surface area (Å²) in [5.74, 6) is 3.22. The summed E-state index contributed by atoms with van der Waals surface area (Å²) in [4.78, 5) is 0. The second-order valence-electron chi connectivity index (χ2n) is 15.9. The van der Waals surface area contributed by atoms with Crippen LogP contribution >= 0.6 is 0 Å². The summed E-state index contributed by atoms with van der Waals surface area (Å²) < 4.78 is 19.1. The van der Waals surface area contributed by atoms with Crippen molar-refractivity contribution in [2.45, 2.75) is 0 Å². The van der Waals surface area contributed by atoms with Crippen LogP contribution in [0.15, 0.2) is 206 Å². The van der Waals surface area contributed by atoms with Gasteiger partial charge in [-0.3, -0.25) is 0 Å². The zero-order valence-electron chi connectivity index (χ0n) is 32.5. The molecule has 11 aromatic rings. The number of hydrogen-bond donors (Lipinski definition) is 0. The lowest BCUT2D eigenvalue weighted by Crippen LogP contribution is -2.58. The van der Waals surface area contributed by atoms with Gasteiger partial charge < -0.3 is 18.6 Å². The third-order valence-corrected chi connectivity index (χ3v) is 12.8. The molecule has 0 fully saturated rings. The number of para-hydroxylation sites is 8. The molecule has 0 radical (unpaired) electrons. The zero-order chi connectivity index (χ0) is 39.3. The predicted molar refractivity (Wildman–Crippen MR) is 250 cm³/mol. The molecule has 0 spiro atoms. The lowest BCUT2D eigenvalue weighted by molar-refractivity contribution is 0.424. The van der Waals surface area contributed by atoms with Gasteiger partial charge in [-0.05, 0) is 81.3 Å². The SMILES string of the molecule is c1ccc(-n2c3ccccc3c3cccc(B4c5ccccc5Oc5c4ccc4c5Oc5ccccc5B4c4cccc5c6ccccc6n(-c6ccccc6)c45)c32)cc1. The van der Waals surface area contributed by atoms with Crippen LogP contribution in [0.4, 0.5) is 0 Å². The van der Waals surface area contributed by atoms with E-state index in [4.69, 9.17) is 9.47 Å². The molecule has 0 saturated heterocycles. The number of rotatable bonds is 4. The lowest BCUT2D eigenvalue weighted by atomic mass is 9.33. The minimum atomic E-state index is -0.131. The maximum absolute atomic E-state index is 7.10. The van der Waals surface area contributed by atoms with Gasteiger partial charge in [0.1, 0.15) is 11.5 Å². The van der Waals surface area contributed by atoms with Gasteiger partial charge in [0.25, 0.3) is 13.4 Å². The van der Waals surface area contributed by atoms with E-state index in [0.29, 0.717) is 0 Å². The van der Waals surface area contributed by atoms with E-state index in [-0.39, 0.29) is 13.4 Å². The Morgan fingerprint density at radius 1 is 0.283 bits per heavy atom. The molecule has 60 heavy (non-hydrogen) atoms. The van der Waals surface area contributed by atoms with Crippen LogP contribution in [-0.4, -0.2) is 22.6 Å². The van der Waals surface area contributed by atoms with Gasteiger partial charge in [0, 0.05) is 44.0 Å². The van der Waals surface area contributed by atoms with Gasteiger partial charge in [0.05, 0.1) is 11.0 Å². The van der Waals surface area contributed by atoms with Crippen LogP contribution in [0.1, 0.15) is 0 Å². The summed E-state index contributed by atoms with van der Waals surface area (Å²) in [6.45, 7) is -0.261. The fraction of sp³-hybridized carbons (Fsp3) is 0. The van der Waals surface area contributed by atoms with Gasteiger partial charge in [-0.2, -0.15) is 0 Å². The van der Waals surface area contributed by atoms with E-state index in [1.165, 1.54) is 54.5 Å². The Morgan fingerprint density at radius 3 is 1.12 bits per heavy atom. The van der Waals surface area contributed by atoms with Crippen molar-refractivity contribution in [3.05, 3.63) is 206 Å². The van der Waals surface area contributed by atoms with E-state index < -0.39 is 0 Å². The average Bonchev–Trinajstić information content (AvgIpc) is 3.84. The molecule has 9 aromatic carbocycles. The van der Waals surface area contributed by atoms with Crippen molar-refractivity contribution in [2.75, 3.05) is 0 Å². The predicted octanol–water partition coefficient (Wildman–Crippen LogP) is 9.12. The Labute approximate surface area is 347 Å². The quantitative estimate of drug-likeness (QED) is 0.168. The molecule has 0 saturated carbocycles. The van der Waals surface area contributed by atoms with Gasteiger partial charge in [0.15, 0.2) is 11.5 Å². The Bertz CT molecular complexity index is 3290. The molecule has 2 aliphatic heterocycles. The van der Waals surface area contributed by atoms with Gasteiger partial charge in [0.2, 0.25) is 0 Å². The second kappa shape index (κ2) is 12.9. The summed E-state index contributed by atoms with van der Waals surface area (Å²) in [5.41, 5.74) is 13.9. The Balaban J connectivity index is 1.09. The van der Waals surface area contributed by atoms with Crippen molar-refractivity contribution in [1.82, 2.24) is 9.13 Å². The standard InChI is InChI=1S/C54H34B2N2O2/c1-3-17-35(18-4-1)57-47-29-11-7-21-37(47)39-23-15-27-43(51(39)57)55-41-25-9-13-31-49(41)59-53-45(55)33-34-46-54(53)60-50-32-14-10-26-42(50)56(46)44-28-16-24-40-38-22-8-12-30-48(38)58(52(40)44)36-19-5-2-6-20-36/h1-34H. The molecule has 6 heteroatoms. The molecule has 0 bridgehead atoms. The van der Waals surface area contributed by atoms with Crippen LogP contribution < -0.4 is 42.3 Å². The molecule has 0 unspecified atom stereocenters. The molecule has 0 amide bonds. The fourth-order valence-electron chi connectivity index (χ4n) is 10.4. The summed E-state index contributed by atoms with van der Waals surface area (Å²) in [6, 6.07) is 74.2. The molecule has 13 rings (SSSR count). The molecular formula is C54H34B2N2O2. The number of aromatic nitrogens is 2. The molecule has 4 nitrogen and oxygen atoms in total. The van der Waals surface area contributed by atoms with Crippen molar-refractivity contribution in [1.29, 1.82) is 0 Å². The second-order valence-corrected chi connectivity index (χ2v) is 15.9. The van der Waals surface area contributed by atoms with Crippen LogP contribution in [0.3, 0.4) is 0 Å². The summed E-state index contributed by atoms with van der Waals surface area (Å²) in [5, 5.41) is 4.91. The number of hydrogen-bond acceptors (Lipinski definition) is 2. The maximum atomic E-state index is 7.10. The molecule has 2 aromatic heterocycles. The van der Waals surface area contributed by atoms with Crippen molar-refractivity contribution < 1.29 is 9.47 Å². The van der Waals surface area contributed by atoms with Crippen LogP contribution in [-0.2, 0) is 0 Å². The third-order valence-electron chi connectivity index (χ3n) is 12.8. The first-order chi connectivity index (χ1) is 29.8. The van der Waals surface area contributed by atoms with E-state index in [9.17, 15) is 0 Å². The fourth-order valence-corrected chi connectivity index (χ4v) is 10.4. The third kappa shape index (κ3) is 4.70. The molecule has 2 aliphatic rings. The van der Waals surface area contributed by atoms with E-state index in [1.54, 1.807) is 0 Å².